The van der Waals surface area contributed by atoms with Crippen LogP contribution in [0.3, 0.4) is 0 Å². The van der Waals surface area contributed by atoms with Gasteiger partial charge in [0.25, 0.3) is 34.4 Å². The number of alkyl halides is 9. The molecule has 3 saturated heterocycles. The number of nitrogens with zero attached hydrogens (tertiary/aromatic N) is 12. The number of aromatic nitrogens is 9. The molecule has 44 heteroatoms. The molecule has 2 saturated carbocycles. The van der Waals surface area contributed by atoms with Gasteiger partial charge < -0.3 is 68.4 Å². The van der Waals surface area contributed by atoms with E-state index in [0.29, 0.717) is 38.4 Å². The number of aryl methyl sites for hydroxylation is 3. The summed E-state index contributed by atoms with van der Waals surface area (Å²) in [6, 6.07) is 4.62. The molecule has 0 atom stereocenters. The van der Waals surface area contributed by atoms with E-state index in [2.05, 4.69) is 83.1 Å². The summed E-state index contributed by atoms with van der Waals surface area (Å²) in [6.45, 7) is 2.64. The van der Waals surface area contributed by atoms with Gasteiger partial charge >= 0.3 is 69.9 Å². The third-order valence-electron chi connectivity index (χ3n) is 19.3. The number of likely N-dealkylation sites (tertiary alicyclic amines) is 3. The quantitative estimate of drug-likeness (QED) is 0.0559. The fourth-order valence-electron chi connectivity index (χ4n) is 14.0. The number of fused-ring (bicyclic) bond motifs is 6. The molecule has 6 aliphatic heterocycles. The van der Waals surface area contributed by atoms with Crippen LogP contribution in [0.2, 0.25) is 0 Å². The van der Waals surface area contributed by atoms with Crippen molar-refractivity contribution in [3.63, 3.8) is 0 Å². The van der Waals surface area contributed by atoms with Crippen LogP contribution in [0.5, 0.6) is 17.2 Å². The third-order valence-corrected chi connectivity index (χ3v) is 19.9. The number of halogens is 10. The van der Waals surface area contributed by atoms with Crippen molar-refractivity contribution in [3.05, 3.63) is 106 Å². The van der Waals surface area contributed by atoms with Crippen molar-refractivity contribution in [2.45, 2.75) is 120 Å². The standard InChI is InChI=1S/C23H26F3N7O4.C19H22F3N7O3.C14H15BrF3N3O2.C9H12N4O2.K.H2O/c1-12-9-14(29-17-16(37-2)18(28-11-27-17)30-19(34)13-3-4-13)21(36)33-15(12)20(35)31-22(33)5-7-32(8-6-22)10-23(24,25)26;1-10-7-11(26-15-13(32-2)14(23)24-9-25-15)17(31)29-12(10)16(30)27-18(29)3-5-28(6-4-18)8-19(20,21)22;1-8-6-9(15)12(23)21-10(8)11(22)19-13(21)2-4-20(5-3-13)7-14(16,17)18;1-15-6-7(10)11-4-12-8(6)13-9(14)5-2-3-5;;/h9,11,13H,3-8,10H2,1-2H3,(H,31,35)(H2,27,28,29,30,34);7,9H,3-6,8H2,1-2H3,(H,27,30)(H3,23,24,25,26);6H,2-5,7H2,1H3,(H,19,22);4-5H,2-3H2,1H3,(H3,10,11,12,13,14);;1H2/q;;;;+1;/p-1. The van der Waals surface area contributed by atoms with Gasteiger partial charge in [-0.25, -0.2) is 29.9 Å². The summed E-state index contributed by atoms with van der Waals surface area (Å²) in [4.78, 5) is 129. The summed E-state index contributed by atoms with van der Waals surface area (Å²) in [6.07, 6.45) is -4.58. The van der Waals surface area contributed by atoms with Crippen molar-refractivity contribution in [2.75, 3.05) is 113 Å². The van der Waals surface area contributed by atoms with Crippen LogP contribution in [0.25, 0.3) is 0 Å². The number of nitrogens with two attached hydrogens (primary N) is 2. The molecule has 3 spiro atoms. The molecule has 5 fully saturated rings. The summed E-state index contributed by atoms with van der Waals surface area (Å²) in [5, 5.41) is 19.7. The molecule has 0 aromatic carbocycles. The largest absolute Gasteiger partial charge is 1.00 e. The Bertz CT molecular complexity index is 4670. The fraction of sp³-hybridized carbons (Fsp3) is 0.508. The number of hydrogen-bond acceptors (Lipinski definition) is 25. The van der Waals surface area contributed by atoms with E-state index < -0.39 is 78.1 Å². The van der Waals surface area contributed by atoms with E-state index in [1.807, 2.05) is 0 Å². The summed E-state index contributed by atoms with van der Waals surface area (Å²) >= 11 is 3.19. The molecule has 14 rings (SSSR count). The number of rotatable bonds is 14. The minimum absolute atomic E-state index is 0. The first-order valence-corrected chi connectivity index (χ1v) is 34.4. The molecule has 0 radical (unpaired) electrons. The van der Waals surface area contributed by atoms with E-state index in [9.17, 15) is 77.9 Å². The second-order valence-electron chi connectivity index (χ2n) is 26.9. The molecular weight excluding hydrogens is 1560 g/mol. The minimum Gasteiger partial charge on any atom is -0.870 e. The van der Waals surface area contributed by atoms with E-state index in [1.54, 1.807) is 26.8 Å². The van der Waals surface area contributed by atoms with Gasteiger partial charge in [0.1, 0.15) is 64.4 Å². The Morgan fingerprint density at radius 1 is 0.486 bits per heavy atom. The Kier molecular flexibility index (Phi) is 25.6. The Hall–Kier alpha value is -8.63. The number of hydrogen-bond donors (Lipinski definition) is 9. The number of carbonyl (C=O) groups excluding carboxylic acids is 5. The van der Waals surface area contributed by atoms with Crippen LogP contribution >= 0.6 is 15.9 Å². The Balaban J connectivity index is 0.000000174. The monoisotopic (exact) mass is 1630 g/mol. The summed E-state index contributed by atoms with van der Waals surface area (Å²) in [5.74, 6) is 0.283. The van der Waals surface area contributed by atoms with Crippen LogP contribution < -0.4 is 131 Å². The maximum absolute atomic E-state index is 13.7. The molecular formula is C65H76BrF9KN21O12. The molecule has 6 aromatic heterocycles. The second kappa shape index (κ2) is 33.1. The number of nitrogens with one attached hydrogen (secondary N) is 7. The molecule has 2 aliphatic carbocycles. The Morgan fingerprint density at radius 2 is 0.771 bits per heavy atom. The van der Waals surface area contributed by atoms with E-state index >= 15 is 0 Å². The van der Waals surface area contributed by atoms with E-state index in [1.165, 1.54) is 80.8 Å². The predicted molar refractivity (Wildman–Crippen MR) is 371 cm³/mol. The van der Waals surface area contributed by atoms with Crippen LogP contribution in [0.1, 0.15) is 112 Å². The number of piperidine rings is 3. The predicted octanol–water partition coefficient (Wildman–Crippen LogP) is 2.65. The minimum atomic E-state index is -4.33. The van der Waals surface area contributed by atoms with Gasteiger partial charge in [-0.2, -0.15) is 39.5 Å². The van der Waals surface area contributed by atoms with Crippen molar-refractivity contribution >= 4 is 91.7 Å². The van der Waals surface area contributed by atoms with Crippen LogP contribution in [-0.4, -0.2) is 192 Å². The summed E-state index contributed by atoms with van der Waals surface area (Å²) < 4.78 is 135. The van der Waals surface area contributed by atoms with E-state index in [-0.39, 0.29) is 233 Å². The van der Waals surface area contributed by atoms with E-state index in [4.69, 9.17) is 25.7 Å². The van der Waals surface area contributed by atoms with Gasteiger partial charge in [-0.15, -0.1) is 0 Å². The van der Waals surface area contributed by atoms with Crippen molar-refractivity contribution in [1.29, 1.82) is 0 Å². The number of anilines is 8. The molecule has 12 N–H and O–H groups in total. The van der Waals surface area contributed by atoms with Crippen LogP contribution in [-0.2, 0) is 26.6 Å². The average Bonchev–Trinajstić information content (AvgIpc) is 1.61. The van der Waals surface area contributed by atoms with Gasteiger partial charge in [-0.3, -0.25) is 66.8 Å². The summed E-state index contributed by atoms with van der Waals surface area (Å²) in [7, 11) is 4.22. The first-order valence-electron chi connectivity index (χ1n) is 33.6. The number of ether oxygens (including phenoxy) is 3. The van der Waals surface area contributed by atoms with Crippen LogP contribution in [0, 0.1) is 32.6 Å². The maximum atomic E-state index is 13.7. The molecule has 12 heterocycles. The molecule has 0 unspecified atom stereocenters. The zero-order valence-corrected chi connectivity index (χ0v) is 64.5. The molecule has 584 valence electrons. The van der Waals surface area contributed by atoms with Crippen molar-refractivity contribution < 1.29 is 135 Å². The molecule has 5 amide bonds. The second-order valence-corrected chi connectivity index (χ2v) is 27.8. The number of nitrogen functional groups attached to an aromatic ring is 2. The zero-order valence-electron chi connectivity index (χ0n) is 59.8. The van der Waals surface area contributed by atoms with Gasteiger partial charge in [0.2, 0.25) is 29.1 Å². The van der Waals surface area contributed by atoms with Crippen LogP contribution in [0.15, 0.2) is 56.0 Å². The Labute approximate surface area is 664 Å². The first-order chi connectivity index (χ1) is 50.4. The molecule has 0 bridgehead atoms. The van der Waals surface area contributed by atoms with Gasteiger partial charge in [0, 0.05) is 89.6 Å². The van der Waals surface area contributed by atoms with Gasteiger partial charge in [0.05, 0.1) is 45.4 Å². The molecule has 6 aromatic rings. The first kappa shape index (κ1) is 84.4. The third kappa shape index (κ3) is 18.5. The van der Waals surface area contributed by atoms with Crippen molar-refractivity contribution in [3.8, 4) is 17.2 Å². The number of amides is 5. The Morgan fingerprint density at radius 3 is 1.09 bits per heavy atom. The average molecular weight is 1630 g/mol. The smallest absolute Gasteiger partial charge is 0.870 e. The van der Waals surface area contributed by atoms with Gasteiger partial charge in [0.15, 0.2) is 34.9 Å². The molecule has 33 nitrogen and oxygen atoms in total. The maximum Gasteiger partial charge on any atom is 1.00 e. The number of carbonyl (C=O) groups is 5. The summed E-state index contributed by atoms with van der Waals surface area (Å²) in [5.41, 5.74) is 9.38. The number of methoxy groups -OCH3 is 3. The zero-order chi connectivity index (χ0) is 77.6. The normalized spacial score (nSPS) is 18.0. The van der Waals surface area contributed by atoms with Gasteiger partial charge in [-0.05, 0) is 97.3 Å². The van der Waals surface area contributed by atoms with Crippen molar-refractivity contribution in [1.82, 2.24) is 74.3 Å². The van der Waals surface area contributed by atoms with Gasteiger partial charge in [-0.1, -0.05) is 0 Å². The van der Waals surface area contributed by atoms with Crippen molar-refractivity contribution in [2.24, 2.45) is 11.8 Å². The SMILES string of the molecule is COc1c(N)ncnc1NC(=O)C1CC1.COc1c(N)ncnc1Nc1cc(C)c2n(c1=O)C1(CCN(CC(F)(F)F)CC1)NC2=O.COc1c(NC(=O)C2CC2)ncnc1Nc1cc(C)c2n(c1=O)C1(CCN(CC(F)(F)F)CC1)NC2=O.Cc1cc(Br)c(=O)n2c1C(=O)NC21CCN(CC(F)(F)F)CC1.[K+].[OH-]. The van der Waals surface area contributed by atoms with Crippen LogP contribution in [0.4, 0.5) is 85.8 Å². The fourth-order valence-corrected chi connectivity index (χ4v) is 14.5. The topological polar surface area (TPSA) is 432 Å². The number of pyridine rings is 3. The van der Waals surface area contributed by atoms with E-state index in [0.717, 1.165) is 25.7 Å². The molecule has 109 heavy (non-hydrogen) atoms. The molecule has 8 aliphatic rings.